The Bertz CT molecular complexity index is 368. The van der Waals surface area contributed by atoms with E-state index in [0.29, 0.717) is 6.54 Å². The second-order valence-corrected chi connectivity index (χ2v) is 6.20. The summed E-state index contributed by atoms with van der Waals surface area (Å²) in [5, 5.41) is 12.6. The topological polar surface area (TPSA) is 35.8 Å². The molecule has 17 heavy (non-hydrogen) atoms. The molecule has 0 bridgehead atoms. The number of nitrogens with one attached hydrogen (secondary N) is 1. The lowest BCUT2D eigenvalue weighted by atomic mass is 10.0. The number of nitrogens with zero attached hydrogens (tertiary/aromatic N) is 1. The predicted molar refractivity (Wildman–Crippen MR) is 75.3 cm³/mol. The lowest BCUT2D eigenvalue weighted by Gasteiger charge is -2.23. The van der Waals surface area contributed by atoms with Crippen molar-refractivity contribution in [3.8, 4) is 6.07 Å². The molecule has 1 rings (SSSR count). The van der Waals surface area contributed by atoms with E-state index in [4.69, 9.17) is 0 Å². The van der Waals surface area contributed by atoms with Gasteiger partial charge >= 0.3 is 0 Å². The van der Waals surface area contributed by atoms with Crippen molar-refractivity contribution < 1.29 is 0 Å². The summed E-state index contributed by atoms with van der Waals surface area (Å²) in [7, 11) is 0. The quantitative estimate of drug-likeness (QED) is 0.840. The summed E-state index contributed by atoms with van der Waals surface area (Å²) >= 11 is 1.84. The van der Waals surface area contributed by atoms with Crippen LogP contribution in [0.15, 0.2) is 30.3 Å². The Kier molecular flexibility index (Phi) is 5.54. The van der Waals surface area contributed by atoms with E-state index < -0.39 is 0 Å². The molecule has 0 saturated heterocycles. The summed E-state index contributed by atoms with van der Waals surface area (Å²) in [6, 6.07) is 12.3. The zero-order valence-electron chi connectivity index (χ0n) is 10.7. The molecular formula is C14H20N2S. The van der Waals surface area contributed by atoms with Crippen molar-refractivity contribution in [1.29, 1.82) is 5.26 Å². The van der Waals surface area contributed by atoms with Crippen LogP contribution in [-0.4, -0.2) is 24.1 Å². The number of hydrogen-bond acceptors (Lipinski definition) is 3. The fourth-order valence-electron chi connectivity index (χ4n) is 1.51. The molecule has 92 valence electrons. The van der Waals surface area contributed by atoms with Crippen LogP contribution in [0.25, 0.3) is 0 Å². The summed E-state index contributed by atoms with van der Waals surface area (Å²) in [5.41, 5.74) is 1.09. The van der Waals surface area contributed by atoms with Crippen LogP contribution in [0.3, 0.4) is 0 Å². The van der Waals surface area contributed by atoms with E-state index in [1.807, 2.05) is 42.1 Å². The standard InChI is InChI=1S/C14H20N2S/c1-14(2,17-3)11-16-10-13(9-15)12-7-5-4-6-8-12/h4-8,13,16H,10-11H2,1-3H3. The van der Waals surface area contributed by atoms with Gasteiger partial charge in [0, 0.05) is 17.8 Å². The molecule has 0 aromatic heterocycles. The van der Waals surface area contributed by atoms with Crippen LogP contribution in [0, 0.1) is 11.3 Å². The third kappa shape index (κ3) is 4.80. The highest BCUT2D eigenvalue weighted by atomic mass is 32.2. The van der Waals surface area contributed by atoms with Gasteiger partial charge in [0.1, 0.15) is 0 Å². The molecule has 1 N–H and O–H groups in total. The molecule has 2 nitrogen and oxygen atoms in total. The number of benzene rings is 1. The number of hydrogen-bond donors (Lipinski definition) is 1. The molecular weight excluding hydrogens is 228 g/mol. The van der Waals surface area contributed by atoms with Gasteiger partial charge in [0.2, 0.25) is 0 Å². The van der Waals surface area contributed by atoms with Gasteiger partial charge in [-0.1, -0.05) is 30.3 Å². The molecule has 0 aliphatic rings. The average Bonchev–Trinajstić information content (AvgIpc) is 2.36. The van der Waals surface area contributed by atoms with Gasteiger partial charge in [-0.05, 0) is 25.7 Å². The first kappa shape index (κ1) is 14.1. The molecule has 0 fully saturated rings. The van der Waals surface area contributed by atoms with Gasteiger partial charge < -0.3 is 5.32 Å². The normalized spacial score (nSPS) is 13.1. The first-order valence-electron chi connectivity index (χ1n) is 5.79. The van der Waals surface area contributed by atoms with Crippen LogP contribution in [0.4, 0.5) is 0 Å². The van der Waals surface area contributed by atoms with Crippen LogP contribution in [0.1, 0.15) is 25.3 Å². The molecule has 0 amide bonds. The van der Waals surface area contributed by atoms with Crippen LogP contribution >= 0.6 is 11.8 Å². The number of rotatable bonds is 6. The summed E-state index contributed by atoms with van der Waals surface area (Å²) in [6.45, 7) is 6.03. The smallest absolute Gasteiger partial charge is 0.0837 e. The number of nitriles is 1. The zero-order valence-corrected chi connectivity index (χ0v) is 11.6. The SMILES string of the molecule is CSC(C)(C)CNCC(C#N)c1ccccc1. The van der Waals surface area contributed by atoms with Gasteiger partial charge in [-0.3, -0.25) is 0 Å². The molecule has 0 aliphatic heterocycles. The third-order valence-electron chi connectivity index (χ3n) is 2.81. The van der Waals surface area contributed by atoms with Crippen molar-refractivity contribution in [2.45, 2.75) is 24.5 Å². The molecule has 0 saturated carbocycles. The van der Waals surface area contributed by atoms with Crippen molar-refractivity contribution in [3.05, 3.63) is 35.9 Å². The van der Waals surface area contributed by atoms with E-state index in [9.17, 15) is 5.26 Å². The molecule has 0 spiro atoms. The van der Waals surface area contributed by atoms with Gasteiger partial charge in [-0.15, -0.1) is 0 Å². The highest BCUT2D eigenvalue weighted by molar-refractivity contribution is 7.99. The Morgan fingerprint density at radius 3 is 2.53 bits per heavy atom. The fourth-order valence-corrected chi connectivity index (χ4v) is 1.76. The van der Waals surface area contributed by atoms with Gasteiger partial charge in [-0.25, -0.2) is 0 Å². The monoisotopic (exact) mass is 248 g/mol. The van der Waals surface area contributed by atoms with Gasteiger partial charge in [-0.2, -0.15) is 17.0 Å². The van der Waals surface area contributed by atoms with E-state index >= 15 is 0 Å². The lowest BCUT2D eigenvalue weighted by Crippen LogP contribution is -2.34. The molecule has 1 aromatic rings. The number of thioether (sulfide) groups is 1. The van der Waals surface area contributed by atoms with Gasteiger partial charge in [0.25, 0.3) is 0 Å². The van der Waals surface area contributed by atoms with Crippen molar-refractivity contribution in [3.63, 3.8) is 0 Å². The van der Waals surface area contributed by atoms with Crippen molar-refractivity contribution in [2.24, 2.45) is 0 Å². The Balaban J connectivity index is 2.48. The Hall–Kier alpha value is -0.980. The van der Waals surface area contributed by atoms with Crippen LogP contribution in [0.5, 0.6) is 0 Å². The minimum atomic E-state index is -0.0612. The van der Waals surface area contributed by atoms with Gasteiger partial charge in [0.15, 0.2) is 0 Å². The summed E-state index contributed by atoms with van der Waals surface area (Å²) < 4.78 is 0.219. The molecule has 0 radical (unpaired) electrons. The predicted octanol–water partition coefficient (Wildman–Crippen LogP) is 3.02. The minimum Gasteiger partial charge on any atom is -0.314 e. The van der Waals surface area contributed by atoms with Gasteiger partial charge in [0.05, 0.1) is 12.0 Å². The molecule has 3 heteroatoms. The highest BCUT2D eigenvalue weighted by Crippen LogP contribution is 2.20. The van der Waals surface area contributed by atoms with E-state index in [0.717, 1.165) is 12.1 Å². The van der Waals surface area contributed by atoms with E-state index in [2.05, 4.69) is 31.5 Å². The maximum Gasteiger partial charge on any atom is 0.0837 e. The average molecular weight is 248 g/mol. The van der Waals surface area contributed by atoms with E-state index in [1.165, 1.54) is 0 Å². The van der Waals surface area contributed by atoms with Crippen LogP contribution in [-0.2, 0) is 0 Å². The molecule has 0 heterocycles. The van der Waals surface area contributed by atoms with E-state index in [-0.39, 0.29) is 10.7 Å². The molecule has 1 atom stereocenters. The molecule has 0 aliphatic carbocycles. The minimum absolute atomic E-state index is 0.0612. The highest BCUT2D eigenvalue weighted by Gasteiger charge is 2.16. The summed E-state index contributed by atoms with van der Waals surface area (Å²) in [5.74, 6) is -0.0612. The second-order valence-electron chi connectivity index (χ2n) is 4.69. The Labute approximate surface area is 108 Å². The van der Waals surface area contributed by atoms with Crippen molar-refractivity contribution in [1.82, 2.24) is 5.32 Å². The lowest BCUT2D eigenvalue weighted by molar-refractivity contribution is 0.576. The fraction of sp³-hybridized carbons (Fsp3) is 0.500. The van der Waals surface area contributed by atoms with Crippen LogP contribution < -0.4 is 5.32 Å². The summed E-state index contributed by atoms with van der Waals surface area (Å²) in [6.07, 6.45) is 2.11. The second kappa shape index (κ2) is 6.68. The maximum atomic E-state index is 9.17. The third-order valence-corrected chi connectivity index (χ3v) is 4.06. The van der Waals surface area contributed by atoms with Crippen molar-refractivity contribution in [2.75, 3.05) is 19.3 Å². The van der Waals surface area contributed by atoms with Crippen LogP contribution in [0.2, 0.25) is 0 Å². The Morgan fingerprint density at radius 1 is 1.35 bits per heavy atom. The first-order chi connectivity index (χ1) is 8.09. The largest absolute Gasteiger partial charge is 0.314 e. The first-order valence-corrected chi connectivity index (χ1v) is 7.02. The summed E-state index contributed by atoms with van der Waals surface area (Å²) in [4.78, 5) is 0. The maximum absolute atomic E-state index is 9.17. The molecule has 1 aromatic carbocycles. The van der Waals surface area contributed by atoms with E-state index in [1.54, 1.807) is 0 Å². The zero-order chi connectivity index (χ0) is 12.7. The van der Waals surface area contributed by atoms with Crippen molar-refractivity contribution >= 4 is 11.8 Å². The Morgan fingerprint density at radius 2 is 2.00 bits per heavy atom. The molecule has 1 unspecified atom stereocenters.